The van der Waals surface area contributed by atoms with Gasteiger partial charge < -0.3 is 39.4 Å². The number of aliphatic hydroxyl groups excluding tert-OH is 2. The Kier molecular flexibility index (Phi) is 7.14. The Balaban J connectivity index is 1.78. The van der Waals surface area contributed by atoms with Crippen LogP contribution in [0.3, 0.4) is 0 Å². The standard InChI is InChI=1S/C30H38O11/c1-6-38-26(35)40-21-20-15(2)17(31)13-30(37,27(20,3)4)24(41-25(34)16-10-8-7-9-11-16)22-28(5,23(21)33)18(32)12-19-29(22,36)14-39-19/h7-11,17-19,21-22,24,31-32,36-37H,6,12-14H2,1-5H3/t17-,18-,19+,21+,22?,24?,28+,29-,30+/m0/s1. The van der Waals surface area contributed by atoms with Crippen LogP contribution in [0.15, 0.2) is 41.5 Å². The van der Waals surface area contributed by atoms with Crippen LogP contribution < -0.4 is 0 Å². The molecular weight excluding hydrogens is 536 g/mol. The summed E-state index contributed by atoms with van der Waals surface area (Å²) in [6, 6.07) is 8.05. The first-order valence-corrected chi connectivity index (χ1v) is 13.9. The van der Waals surface area contributed by atoms with E-state index in [9.17, 15) is 34.8 Å². The molecule has 2 saturated carbocycles. The Morgan fingerprint density at radius 2 is 1.73 bits per heavy atom. The van der Waals surface area contributed by atoms with E-state index in [1.165, 1.54) is 19.1 Å². The molecule has 3 fully saturated rings. The van der Waals surface area contributed by atoms with Crippen LogP contribution in [0, 0.1) is 16.7 Å². The summed E-state index contributed by atoms with van der Waals surface area (Å²) in [6.07, 6.45) is -8.55. The minimum atomic E-state index is -2.11. The highest BCUT2D eigenvalue weighted by Crippen LogP contribution is 2.63. The minimum absolute atomic E-state index is 0.0352. The Morgan fingerprint density at radius 3 is 2.32 bits per heavy atom. The maximum atomic E-state index is 14.7. The van der Waals surface area contributed by atoms with Crippen LogP contribution in [0.2, 0.25) is 0 Å². The van der Waals surface area contributed by atoms with Crippen molar-refractivity contribution in [2.75, 3.05) is 13.2 Å². The van der Waals surface area contributed by atoms with Crippen LogP contribution in [-0.4, -0.2) is 93.3 Å². The molecule has 1 heterocycles. The summed E-state index contributed by atoms with van der Waals surface area (Å²) in [4.78, 5) is 40.9. The normalized spacial score (nSPS) is 41.1. The van der Waals surface area contributed by atoms with Gasteiger partial charge in [-0.1, -0.05) is 32.0 Å². The van der Waals surface area contributed by atoms with Crippen LogP contribution in [-0.2, 0) is 23.7 Å². The van der Waals surface area contributed by atoms with Crippen molar-refractivity contribution in [3.8, 4) is 0 Å². The topological polar surface area (TPSA) is 169 Å². The van der Waals surface area contributed by atoms with Crippen LogP contribution in [0.1, 0.15) is 57.8 Å². The van der Waals surface area contributed by atoms with E-state index in [-0.39, 0.29) is 37.2 Å². The summed E-state index contributed by atoms with van der Waals surface area (Å²) >= 11 is 0. The third kappa shape index (κ3) is 4.08. The van der Waals surface area contributed by atoms with Gasteiger partial charge in [0.05, 0.1) is 42.5 Å². The van der Waals surface area contributed by atoms with Gasteiger partial charge in [-0.25, -0.2) is 9.59 Å². The molecule has 41 heavy (non-hydrogen) atoms. The number of ketones is 1. The molecule has 0 radical (unpaired) electrons. The van der Waals surface area contributed by atoms with Crippen molar-refractivity contribution in [3.63, 3.8) is 0 Å². The monoisotopic (exact) mass is 574 g/mol. The average molecular weight is 575 g/mol. The molecule has 1 saturated heterocycles. The highest BCUT2D eigenvalue weighted by atomic mass is 16.7. The molecule has 1 aromatic rings. The summed E-state index contributed by atoms with van der Waals surface area (Å²) in [5.41, 5.74) is -6.68. The van der Waals surface area contributed by atoms with Crippen molar-refractivity contribution in [2.24, 2.45) is 16.7 Å². The number of ether oxygens (including phenoxy) is 4. The molecule has 9 atom stereocenters. The van der Waals surface area contributed by atoms with E-state index in [0.29, 0.717) is 5.57 Å². The lowest BCUT2D eigenvalue weighted by Crippen LogP contribution is -2.81. The van der Waals surface area contributed by atoms with Crippen molar-refractivity contribution in [1.29, 1.82) is 0 Å². The average Bonchev–Trinajstić information content (AvgIpc) is 2.92. The van der Waals surface area contributed by atoms with E-state index in [4.69, 9.17) is 18.9 Å². The highest BCUT2D eigenvalue weighted by Gasteiger charge is 2.76. The summed E-state index contributed by atoms with van der Waals surface area (Å²) in [5.74, 6) is -3.01. The molecule has 224 valence electrons. The third-order valence-corrected chi connectivity index (χ3v) is 10.1. The molecule has 4 aliphatic rings. The number of hydrogen-bond donors (Lipinski definition) is 4. The van der Waals surface area contributed by atoms with Crippen molar-refractivity contribution in [1.82, 2.24) is 0 Å². The van der Waals surface area contributed by atoms with Gasteiger partial charge in [0.1, 0.15) is 17.3 Å². The second-order valence-electron chi connectivity index (χ2n) is 12.4. The van der Waals surface area contributed by atoms with Crippen LogP contribution in [0.4, 0.5) is 4.79 Å². The number of benzene rings is 1. The zero-order chi connectivity index (χ0) is 30.1. The number of hydrogen-bond acceptors (Lipinski definition) is 11. The fourth-order valence-corrected chi connectivity index (χ4v) is 7.59. The lowest BCUT2D eigenvalue weighted by atomic mass is 9.44. The molecule has 11 heteroatoms. The first-order chi connectivity index (χ1) is 19.1. The van der Waals surface area contributed by atoms with E-state index in [0.717, 1.165) is 0 Å². The van der Waals surface area contributed by atoms with Gasteiger partial charge in [0.15, 0.2) is 11.9 Å². The summed E-state index contributed by atoms with van der Waals surface area (Å²) in [7, 11) is 0. The van der Waals surface area contributed by atoms with Crippen LogP contribution >= 0.6 is 0 Å². The highest BCUT2D eigenvalue weighted by molar-refractivity contribution is 5.95. The Labute approximate surface area is 238 Å². The predicted molar refractivity (Wildman–Crippen MR) is 142 cm³/mol. The third-order valence-electron chi connectivity index (χ3n) is 10.1. The molecule has 1 aliphatic heterocycles. The minimum Gasteiger partial charge on any atom is -0.455 e. The summed E-state index contributed by atoms with van der Waals surface area (Å²) in [5, 5.41) is 47.5. The van der Waals surface area contributed by atoms with Gasteiger partial charge in [0.25, 0.3) is 0 Å². The van der Waals surface area contributed by atoms with Gasteiger partial charge in [-0.3, -0.25) is 4.79 Å². The lowest BCUT2D eigenvalue weighted by molar-refractivity contribution is -0.343. The second kappa shape index (κ2) is 9.88. The Hall–Kier alpha value is -2.83. The van der Waals surface area contributed by atoms with Gasteiger partial charge >= 0.3 is 12.1 Å². The molecule has 3 aliphatic carbocycles. The molecule has 0 aromatic heterocycles. The molecule has 2 bridgehead atoms. The smallest absolute Gasteiger partial charge is 0.455 e. The van der Waals surface area contributed by atoms with Crippen LogP contribution in [0.25, 0.3) is 0 Å². The first kappa shape index (κ1) is 29.7. The number of fused-ring (bicyclic) bond motifs is 5. The van der Waals surface area contributed by atoms with Crippen molar-refractivity contribution < 1.29 is 53.8 Å². The summed E-state index contributed by atoms with van der Waals surface area (Å²) < 4.78 is 22.3. The van der Waals surface area contributed by atoms with Gasteiger partial charge in [-0.05, 0) is 44.1 Å². The van der Waals surface area contributed by atoms with E-state index in [1.807, 2.05) is 0 Å². The predicted octanol–water partition coefficient (Wildman–Crippen LogP) is 1.69. The van der Waals surface area contributed by atoms with Gasteiger partial charge in [0, 0.05) is 24.2 Å². The summed E-state index contributed by atoms with van der Waals surface area (Å²) in [6.45, 7) is 7.50. The van der Waals surface area contributed by atoms with Gasteiger partial charge in [-0.15, -0.1) is 0 Å². The van der Waals surface area contributed by atoms with E-state index in [2.05, 4.69) is 0 Å². The number of rotatable bonds is 4. The number of carbonyl (C=O) groups excluding carboxylic acids is 3. The van der Waals surface area contributed by atoms with E-state index in [1.54, 1.807) is 45.9 Å². The molecule has 0 spiro atoms. The molecule has 5 rings (SSSR count). The first-order valence-electron chi connectivity index (χ1n) is 13.9. The fourth-order valence-electron chi connectivity index (χ4n) is 7.59. The lowest BCUT2D eigenvalue weighted by Gasteiger charge is -2.66. The molecular formula is C30H38O11. The Morgan fingerprint density at radius 1 is 1.07 bits per heavy atom. The fraction of sp³-hybridized carbons (Fsp3) is 0.633. The molecule has 1 aromatic carbocycles. The van der Waals surface area contributed by atoms with E-state index < -0.39 is 76.4 Å². The Bertz CT molecular complexity index is 1270. The molecule has 11 nitrogen and oxygen atoms in total. The number of esters is 1. The van der Waals surface area contributed by atoms with Gasteiger partial charge in [0.2, 0.25) is 0 Å². The molecule has 4 N–H and O–H groups in total. The van der Waals surface area contributed by atoms with E-state index >= 15 is 0 Å². The maximum absolute atomic E-state index is 14.7. The number of aliphatic hydroxyl groups is 4. The number of carbonyl (C=O) groups is 3. The molecule has 2 unspecified atom stereocenters. The molecule has 0 amide bonds. The zero-order valence-electron chi connectivity index (χ0n) is 23.8. The quantitative estimate of drug-likeness (QED) is 0.305. The maximum Gasteiger partial charge on any atom is 0.509 e. The van der Waals surface area contributed by atoms with Crippen molar-refractivity contribution in [2.45, 2.75) is 89.2 Å². The number of Topliss-reactive ketones (excluding diaryl/α,β-unsaturated/α-hetero) is 1. The SMILES string of the molecule is CCOC(=O)O[C@H]1C(=O)[C@@]2(C)C(C(OC(=O)c3ccccc3)[C@]3(O)C[C@H](O)C(C)=C1C3(C)C)[C@]1(O)CO[C@@H]1C[C@@H]2O. The largest absolute Gasteiger partial charge is 0.509 e. The zero-order valence-corrected chi connectivity index (χ0v) is 23.8. The van der Waals surface area contributed by atoms with Crippen LogP contribution in [0.5, 0.6) is 0 Å². The second-order valence-corrected chi connectivity index (χ2v) is 12.4. The van der Waals surface area contributed by atoms with Crippen molar-refractivity contribution >= 4 is 17.9 Å². The van der Waals surface area contributed by atoms with Gasteiger partial charge in [-0.2, -0.15) is 0 Å². The van der Waals surface area contributed by atoms with Crippen molar-refractivity contribution in [3.05, 3.63) is 47.0 Å².